The van der Waals surface area contributed by atoms with Crippen LogP contribution < -0.4 is 14.8 Å². The number of furan rings is 1. The summed E-state index contributed by atoms with van der Waals surface area (Å²) < 4.78 is 16.8. The number of para-hydroxylation sites is 1. The van der Waals surface area contributed by atoms with Gasteiger partial charge in [0.05, 0.1) is 18.8 Å². The maximum Gasteiger partial charge on any atom is 0.237 e. The van der Waals surface area contributed by atoms with Gasteiger partial charge in [-0.05, 0) is 67.9 Å². The molecule has 4 rings (SSSR count). The Bertz CT molecular complexity index is 960. The van der Waals surface area contributed by atoms with Gasteiger partial charge in [0.25, 0.3) is 0 Å². The smallest absolute Gasteiger partial charge is 0.237 e. The minimum absolute atomic E-state index is 0.0407. The number of rotatable bonds is 10. The van der Waals surface area contributed by atoms with Gasteiger partial charge in [-0.3, -0.25) is 9.69 Å². The van der Waals surface area contributed by atoms with E-state index < -0.39 is 6.10 Å². The number of nitrogens with zero attached hydrogens (tertiary/aromatic N) is 1. The van der Waals surface area contributed by atoms with Gasteiger partial charge in [0.15, 0.2) is 0 Å². The van der Waals surface area contributed by atoms with Crippen molar-refractivity contribution < 1.29 is 23.8 Å². The second-order valence-corrected chi connectivity index (χ2v) is 7.80. The fraction of sp³-hybridized carbons (Fsp3) is 0.320. The van der Waals surface area contributed by atoms with Gasteiger partial charge in [-0.1, -0.05) is 18.2 Å². The van der Waals surface area contributed by atoms with Gasteiger partial charge < -0.3 is 24.3 Å². The Balaban J connectivity index is 1.21. The number of amides is 1. The zero-order valence-corrected chi connectivity index (χ0v) is 17.9. The average molecular weight is 437 g/mol. The minimum atomic E-state index is -0.700. The molecule has 2 atom stereocenters. The Hall–Kier alpha value is -3.29. The van der Waals surface area contributed by atoms with Crippen LogP contribution in [0.5, 0.6) is 17.2 Å². The minimum Gasteiger partial charge on any atom is -0.491 e. The van der Waals surface area contributed by atoms with Crippen molar-refractivity contribution in [2.24, 2.45) is 0 Å². The van der Waals surface area contributed by atoms with Crippen LogP contribution in [0, 0.1) is 0 Å². The van der Waals surface area contributed by atoms with Crippen LogP contribution in [0.15, 0.2) is 77.4 Å². The van der Waals surface area contributed by atoms with Crippen LogP contribution in [0.3, 0.4) is 0 Å². The molecule has 168 valence electrons. The van der Waals surface area contributed by atoms with Crippen molar-refractivity contribution in [3.05, 3.63) is 78.8 Å². The summed E-state index contributed by atoms with van der Waals surface area (Å²) >= 11 is 0. The number of hydrogen-bond acceptors (Lipinski definition) is 6. The monoisotopic (exact) mass is 436 g/mol. The number of benzene rings is 2. The highest BCUT2D eigenvalue weighted by Gasteiger charge is 2.31. The molecule has 3 aromatic rings. The number of carbonyl (C=O) groups is 1. The molecule has 2 aromatic carbocycles. The number of β-amino-alcohol motifs (C(OH)–C–C–N with tert-alkyl or cyclic N) is 1. The van der Waals surface area contributed by atoms with E-state index in [-0.39, 0.29) is 18.6 Å². The number of likely N-dealkylation sites (tertiary alicyclic amines) is 1. The van der Waals surface area contributed by atoms with Gasteiger partial charge in [0.2, 0.25) is 5.91 Å². The molecule has 32 heavy (non-hydrogen) atoms. The summed E-state index contributed by atoms with van der Waals surface area (Å²) in [7, 11) is 0. The lowest BCUT2D eigenvalue weighted by molar-refractivity contribution is -0.126. The molecule has 1 fully saturated rings. The number of nitrogens with one attached hydrogen (secondary N) is 1. The van der Waals surface area contributed by atoms with E-state index >= 15 is 0 Å². The second-order valence-electron chi connectivity index (χ2n) is 7.80. The number of aliphatic hydroxyl groups excluding tert-OH is 1. The molecule has 1 aromatic heterocycles. The first-order valence-electron chi connectivity index (χ1n) is 10.9. The van der Waals surface area contributed by atoms with Gasteiger partial charge in [0.1, 0.15) is 35.7 Å². The molecule has 2 unspecified atom stereocenters. The Morgan fingerprint density at radius 3 is 2.56 bits per heavy atom. The Morgan fingerprint density at radius 2 is 1.81 bits per heavy atom. The first-order valence-corrected chi connectivity index (χ1v) is 10.9. The zero-order chi connectivity index (χ0) is 22.2. The first-order chi connectivity index (χ1) is 15.7. The van der Waals surface area contributed by atoms with Crippen molar-refractivity contribution in [1.29, 1.82) is 0 Å². The topological polar surface area (TPSA) is 84.2 Å². The van der Waals surface area contributed by atoms with E-state index in [2.05, 4.69) is 5.32 Å². The fourth-order valence-electron chi connectivity index (χ4n) is 3.79. The lowest BCUT2D eigenvalue weighted by atomic mass is 10.2. The van der Waals surface area contributed by atoms with Crippen LogP contribution in [0.25, 0.3) is 0 Å². The summed E-state index contributed by atoms with van der Waals surface area (Å²) in [5, 5.41) is 13.4. The highest BCUT2D eigenvalue weighted by molar-refractivity contribution is 5.81. The second kappa shape index (κ2) is 10.8. The molecule has 1 amide bonds. The van der Waals surface area contributed by atoms with Gasteiger partial charge in [-0.15, -0.1) is 0 Å². The van der Waals surface area contributed by atoms with Crippen LogP contribution in [0.2, 0.25) is 0 Å². The number of ether oxygens (including phenoxy) is 2. The summed E-state index contributed by atoms with van der Waals surface area (Å²) in [6, 6.07) is 20.2. The molecular formula is C25H28N2O5. The van der Waals surface area contributed by atoms with Gasteiger partial charge in [-0.2, -0.15) is 0 Å². The molecule has 2 N–H and O–H groups in total. The molecule has 0 saturated carbocycles. The predicted octanol–water partition coefficient (Wildman–Crippen LogP) is 3.59. The fourth-order valence-corrected chi connectivity index (χ4v) is 3.79. The lowest BCUT2D eigenvalue weighted by Gasteiger charge is -2.26. The van der Waals surface area contributed by atoms with E-state index in [4.69, 9.17) is 13.9 Å². The highest BCUT2D eigenvalue weighted by atomic mass is 16.5. The molecule has 1 aliphatic heterocycles. The Kier molecular flexibility index (Phi) is 7.42. The van der Waals surface area contributed by atoms with E-state index in [1.165, 1.54) is 0 Å². The van der Waals surface area contributed by atoms with E-state index in [0.29, 0.717) is 24.6 Å². The van der Waals surface area contributed by atoms with Crippen molar-refractivity contribution in [2.75, 3.05) is 19.7 Å². The Labute approximate surface area is 187 Å². The van der Waals surface area contributed by atoms with E-state index in [9.17, 15) is 9.90 Å². The molecule has 1 aliphatic rings. The van der Waals surface area contributed by atoms with Crippen LogP contribution in [-0.2, 0) is 11.3 Å². The molecule has 7 nitrogen and oxygen atoms in total. The summed E-state index contributed by atoms with van der Waals surface area (Å²) in [6.07, 6.45) is 2.59. The molecular weight excluding hydrogens is 408 g/mol. The van der Waals surface area contributed by atoms with Crippen LogP contribution in [0.1, 0.15) is 18.6 Å². The van der Waals surface area contributed by atoms with Gasteiger partial charge in [0, 0.05) is 6.54 Å². The molecule has 0 spiro atoms. The largest absolute Gasteiger partial charge is 0.491 e. The third-order valence-corrected chi connectivity index (χ3v) is 5.37. The summed E-state index contributed by atoms with van der Waals surface area (Å²) in [6.45, 7) is 1.68. The van der Waals surface area contributed by atoms with E-state index in [0.717, 1.165) is 30.9 Å². The van der Waals surface area contributed by atoms with Crippen molar-refractivity contribution in [3.63, 3.8) is 0 Å². The van der Waals surface area contributed by atoms with E-state index in [1.807, 2.05) is 65.6 Å². The highest BCUT2D eigenvalue weighted by Crippen LogP contribution is 2.24. The van der Waals surface area contributed by atoms with Crippen LogP contribution in [-0.4, -0.2) is 47.8 Å². The summed E-state index contributed by atoms with van der Waals surface area (Å²) in [5.41, 5.74) is 0. The van der Waals surface area contributed by atoms with Gasteiger partial charge in [-0.25, -0.2) is 0 Å². The lowest BCUT2D eigenvalue weighted by Crippen LogP contribution is -2.46. The van der Waals surface area contributed by atoms with Crippen molar-refractivity contribution in [2.45, 2.75) is 31.5 Å². The first kappa shape index (κ1) is 21.9. The standard InChI is InChI=1S/C25H28N2O5/c28-19(17-27-14-4-9-24(27)25(29)26-16-23-8-5-15-30-23)18-31-20-10-12-22(13-11-20)32-21-6-2-1-3-7-21/h1-3,5-8,10-13,15,19,24,28H,4,9,14,16-18H2,(H,26,29). The number of hydrogen-bond donors (Lipinski definition) is 2. The van der Waals surface area contributed by atoms with E-state index in [1.54, 1.807) is 12.3 Å². The summed E-state index contributed by atoms with van der Waals surface area (Å²) in [4.78, 5) is 14.6. The molecule has 0 bridgehead atoms. The zero-order valence-electron chi connectivity index (χ0n) is 17.9. The molecule has 1 saturated heterocycles. The van der Waals surface area contributed by atoms with Crippen LogP contribution in [0.4, 0.5) is 0 Å². The molecule has 0 radical (unpaired) electrons. The van der Waals surface area contributed by atoms with Crippen molar-refractivity contribution >= 4 is 5.91 Å². The number of aliphatic hydroxyl groups is 1. The molecule has 0 aliphatic carbocycles. The predicted molar refractivity (Wildman–Crippen MR) is 120 cm³/mol. The maximum atomic E-state index is 12.6. The Morgan fingerprint density at radius 1 is 1.06 bits per heavy atom. The third kappa shape index (κ3) is 6.12. The summed E-state index contributed by atoms with van der Waals surface area (Å²) in [5.74, 6) is 2.81. The molecule has 7 heteroatoms. The number of carbonyl (C=O) groups excluding carboxylic acids is 1. The maximum absolute atomic E-state index is 12.6. The van der Waals surface area contributed by atoms with Crippen LogP contribution >= 0.6 is 0 Å². The average Bonchev–Trinajstić information content (AvgIpc) is 3.50. The van der Waals surface area contributed by atoms with Crippen molar-refractivity contribution in [3.8, 4) is 17.2 Å². The molecule has 2 heterocycles. The SMILES string of the molecule is O=C(NCc1ccco1)C1CCCN1CC(O)COc1ccc(Oc2ccccc2)cc1. The quantitative estimate of drug-likeness (QED) is 0.505. The third-order valence-electron chi connectivity index (χ3n) is 5.37. The normalized spacial score (nSPS) is 17.1. The van der Waals surface area contributed by atoms with Gasteiger partial charge >= 0.3 is 0 Å². The van der Waals surface area contributed by atoms with Crippen molar-refractivity contribution in [1.82, 2.24) is 10.2 Å².